The molecule has 0 radical (unpaired) electrons. The van der Waals surface area contributed by atoms with Gasteiger partial charge in [-0.1, -0.05) is 30.3 Å². The van der Waals surface area contributed by atoms with Gasteiger partial charge in [0.15, 0.2) is 0 Å². The first kappa shape index (κ1) is 17.3. The van der Waals surface area contributed by atoms with Crippen molar-refractivity contribution >= 4 is 5.91 Å². The molecular weight excluding hydrogens is 324 g/mol. The number of amides is 1. The van der Waals surface area contributed by atoms with Crippen molar-refractivity contribution in [2.24, 2.45) is 11.8 Å². The summed E-state index contributed by atoms with van der Waals surface area (Å²) in [5.41, 5.74) is 2.04. The van der Waals surface area contributed by atoms with E-state index in [2.05, 4.69) is 45.4 Å². The van der Waals surface area contributed by atoms with E-state index >= 15 is 0 Å². The van der Waals surface area contributed by atoms with Crippen LogP contribution in [0.1, 0.15) is 35.3 Å². The second-order valence-electron chi connectivity index (χ2n) is 7.68. The number of carbonyl (C=O) groups is 1. The van der Waals surface area contributed by atoms with Gasteiger partial charge in [0.25, 0.3) is 5.91 Å². The van der Waals surface area contributed by atoms with E-state index < -0.39 is 0 Å². The molecule has 1 aromatic heterocycles. The van der Waals surface area contributed by atoms with Crippen LogP contribution in [0.15, 0.2) is 42.6 Å². The van der Waals surface area contributed by atoms with Crippen molar-refractivity contribution in [2.75, 3.05) is 32.7 Å². The van der Waals surface area contributed by atoms with E-state index in [1.54, 1.807) is 12.3 Å². The monoisotopic (exact) mass is 352 g/mol. The molecule has 0 saturated carbocycles. The van der Waals surface area contributed by atoms with Crippen LogP contribution in [-0.2, 0) is 6.42 Å². The van der Waals surface area contributed by atoms with Crippen molar-refractivity contribution in [1.29, 1.82) is 0 Å². The predicted octanol–water partition coefficient (Wildman–Crippen LogP) is 2.83. The highest BCUT2D eigenvalue weighted by molar-refractivity contribution is 5.92. The normalized spacial score (nSPS) is 22.0. The van der Waals surface area contributed by atoms with Gasteiger partial charge in [0.1, 0.15) is 5.69 Å². The highest BCUT2D eigenvalue weighted by Crippen LogP contribution is 2.32. The lowest BCUT2D eigenvalue weighted by molar-refractivity contribution is 0.0768. The van der Waals surface area contributed by atoms with Gasteiger partial charge < -0.3 is 9.80 Å². The summed E-state index contributed by atoms with van der Waals surface area (Å²) in [6, 6.07) is 12.5. The Morgan fingerprint density at radius 1 is 1.04 bits per heavy atom. The van der Waals surface area contributed by atoms with Crippen molar-refractivity contribution in [2.45, 2.75) is 25.7 Å². The fourth-order valence-electron chi connectivity index (χ4n) is 4.48. The van der Waals surface area contributed by atoms with Gasteiger partial charge >= 0.3 is 0 Å². The Morgan fingerprint density at radius 3 is 2.54 bits per heavy atom. The maximum atomic E-state index is 12.5. The summed E-state index contributed by atoms with van der Waals surface area (Å²) in [6.07, 6.45) is 6.47. The zero-order chi connectivity index (χ0) is 17.8. The summed E-state index contributed by atoms with van der Waals surface area (Å²) in [7, 11) is 0. The Labute approximate surface area is 155 Å². The lowest BCUT2D eigenvalue weighted by Gasteiger charge is -2.34. The third-order valence-electron chi connectivity index (χ3n) is 6.10. The number of piperidine rings is 1. The quantitative estimate of drug-likeness (QED) is 0.900. The molecule has 0 bridgehead atoms. The minimum Gasteiger partial charge on any atom is -0.337 e. The first-order valence-corrected chi connectivity index (χ1v) is 9.84. The Kier molecular flexibility index (Phi) is 5.34. The van der Waals surface area contributed by atoms with Crippen LogP contribution in [-0.4, -0.2) is 58.6 Å². The van der Waals surface area contributed by atoms with Crippen molar-refractivity contribution in [3.8, 4) is 0 Å². The van der Waals surface area contributed by atoms with Crippen LogP contribution < -0.4 is 0 Å². The maximum Gasteiger partial charge on any atom is 0.271 e. The number of rotatable bonds is 5. The van der Waals surface area contributed by atoms with Crippen LogP contribution in [0, 0.1) is 11.8 Å². The molecule has 0 unspecified atom stereocenters. The average molecular weight is 352 g/mol. The van der Waals surface area contributed by atoms with Crippen LogP contribution >= 0.6 is 0 Å². The zero-order valence-electron chi connectivity index (χ0n) is 15.3. The number of hydrogen-bond donors (Lipinski definition) is 1. The molecular formula is C21H28N4O. The Hall–Kier alpha value is -2.14. The van der Waals surface area contributed by atoms with Gasteiger partial charge in [-0.15, -0.1) is 0 Å². The van der Waals surface area contributed by atoms with Gasteiger partial charge in [0.05, 0.1) is 0 Å². The molecule has 2 aromatic rings. The molecule has 1 N–H and O–H groups in total. The molecule has 1 atom stereocenters. The van der Waals surface area contributed by atoms with Crippen molar-refractivity contribution < 1.29 is 4.79 Å². The number of nitrogens with zero attached hydrogens (tertiary/aromatic N) is 3. The molecule has 0 spiro atoms. The zero-order valence-corrected chi connectivity index (χ0v) is 15.3. The highest BCUT2D eigenvalue weighted by atomic mass is 16.2. The number of carbonyl (C=O) groups excluding carboxylic acids is 1. The van der Waals surface area contributed by atoms with Crippen molar-refractivity contribution in [3.05, 3.63) is 53.9 Å². The van der Waals surface area contributed by atoms with E-state index in [1.807, 2.05) is 4.90 Å². The van der Waals surface area contributed by atoms with Crippen LogP contribution in [0.4, 0.5) is 0 Å². The second kappa shape index (κ2) is 8.04. The first-order valence-electron chi connectivity index (χ1n) is 9.84. The van der Waals surface area contributed by atoms with E-state index in [9.17, 15) is 4.79 Å². The summed E-state index contributed by atoms with van der Waals surface area (Å²) in [5.74, 6) is 1.53. The molecule has 4 rings (SSSR count). The van der Waals surface area contributed by atoms with Crippen molar-refractivity contribution in [3.63, 3.8) is 0 Å². The van der Waals surface area contributed by atoms with Gasteiger partial charge in [-0.2, -0.15) is 5.10 Å². The SMILES string of the molecule is O=C(c1ccn[nH]1)N1CC[C@@H](C2CCN(CCc3ccccc3)CC2)C1. The lowest BCUT2D eigenvalue weighted by Crippen LogP contribution is -2.38. The molecule has 1 amide bonds. The van der Waals surface area contributed by atoms with Crippen LogP contribution in [0.2, 0.25) is 0 Å². The minimum atomic E-state index is 0.102. The molecule has 138 valence electrons. The first-order chi connectivity index (χ1) is 12.8. The minimum absolute atomic E-state index is 0.102. The third kappa shape index (κ3) is 3.98. The van der Waals surface area contributed by atoms with Gasteiger partial charge in [0.2, 0.25) is 0 Å². The molecule has 2 saturated heterocycles. The molecule has 2 aliphatic heterocycles. The van der Waals surface area contributed by atoms with Crippen LogP contribution in [0.5, 0.6) is 0 Å². The van der Waals surface area contributed by atoms with E-state index in [4.69, 9.17) is 0 Å². The summed E-state index contributed by atoms with van der Waals surface area (Å²) in [6.45, 7) is 5.35. The number of aromatic amines is 1. The third-order valence-corrected chi connectivity index (χ3v) is 6.10. The number of benzene rings is 1. The average Bonchev–Trinajstić information content (AvgIpc) is 3.39. The largest absolute Gasteiger partial charge is 0.337 e. The second-order valence-corrected chi connectivity index (χ2v) is 7.68. The fourth-order valence-corrected chi connectivity index (χ4v) is 4.48. The lowest BCUT2D eigenvalue weighted by atomic mass is 9.83. The van der Waals surface area contributed by atoms with E-state index in [0.29, 0.717) is 11.6 Å². The molecule has 5 heteroatoms. The van der Waals surface area contributed by atoms with Crippen molar-refractivity contribution in [1.82, 2.24) is 20.0 Å². The van der Waals surface area contributed by atoms with Gasteiger partial charge in [-0.05, 0) is 62.2 Å². The molecule has 3 heterocycles. The highest BCUT2D eigenvalue weighted by Gasteiger charge is 2.34. The van der Waals surface area contributed by atoms with Gasteiger partial charge in [-0.3, -0.25) is 9.89 Å². The summed E-state index contributed by atoms with van der Waals surface area (Å²) < 4.78 is 0. The smallest absolute Gasteiger partial charge is 0.271 e. The summed E-state index contributed by atoms with van der Waals surface area (Å²) in [4.78, 5) is 17.1. The number of nitrogens with one attached hydrogen (secondary N) is 1. The molecule has 2 aliphatic rings. The number of likely N-dealkylation sites (tertiary alicyclic amines) is 2. The number of aromatic nitrogens is 2. The molecule has 2 fully saturated rings. The Balaban J connectivity index is 1.22. The number of hydrogen-bond acceptors (Lipinski definition) is 3. The topological polar surface area (TPSA) is 52.2 Å². The van der Waals surface area contributed by atoms with E-state index in [-0.39, 0.29) is 5.91 Å². The summed E-state index contributed by atoms with van der Waals surface area (Å²) >= 11 is 0. The standard InChI is InChI=1S/C21H28N4O/c26-21(20-6-11-22-23-20)25-15-10-19(16-25)18-8-13-24(14-9-18)12-7-17-4-2-1-3-5-17/h1-6,11,18-19H,7-10,12-16H2,(H,22,23)/t19-/m1/s1. The summed E-state index contributed by atoms with van der Waals surface area (Å²) in [5, 5.41) is 6.69. The molecule has 26 heavy (non-hydrogen) atoms. The number of H-pyrrole nitrogens is 1. The maximum absolute atomic E-state index is 12.5. The molecule has 1 aromatic carbocycles. The van der Waals surface area contributed by atoms with Gasteiger partial charge in [-0.25, -0.2) is 0 Å². The fraction of sp³-hybridized carbons (Fsp3) is 0.524. The molecule has 5 nitrogen and oxygen atoms in total. The van der Waals surface area contributed by atoms with Crippen LogP contribution in [0.25, 0.3) is 0 Å². The van der Waals surface area contributed by atoms with Gasteiger partial charge in [0, 0.05) is 25.8 Å². The predicted molar refractivity (Wildman–Crippen MR) is 102 cm³/mol. The van der Waals surface area contributed by atoms with E-state index in [0.717, 1.165) is 38.4 Å². The Morgan fingerprint density at radius 2 is 1.81 bits per heavy atom. The van der Waals surface area contributed by atoms with E-state index in [1.165, 1.54) is 31.5 Å². The Bertz CT molecular complexity index is 692. The molecule has 0 aliphatic carbocycles. The van der Waals surface area contributed by atoms with Crippen LogP contribution in [0.3, 0.4) is 0 Å².